The van der Waals surface area contributed by atoms with Gasteiger partial charge in [0.05, 0.1) is 18.8 Å². The van der Waals surface area contributed by atoms with Gasteiger partial charge in [-0.25, -0.2) is 15.0 Å². The summed E-state index contributed by atoms with van der Waals surface area (Å²) < 4.78 is 12.7. The van der Waals surface area contributed by atoms with Crippen LogP contribution in [0.4, 0.5) is 0 Å². The van der Waals surface area contributed by atoms with Crippen molar-refractivity contribution in [1.29, 1.82) is 0 Å². The third-order valence-electron chi connectivity index (χ3n) is 8.17. The highest BCUT2D eigenvalue weighted by atomic mass is 16.5. The minimum Gasteiger partial charge on any atom is -0.493 e. The zero-order chi connectivity index (χ0) is 32.4. The van der Waals surface area contributed by atoms with Crippen LogP contribution in [-0.4, -0.2) is 28.2 Å². The number of hydrogen-bond acceptors (Lipinski definition) is 5. The smallest absolute Gasteiger partial charge is 0.167 e. The predicted octanol–water partition coefficient (Wildman–Crippen LogP) is 11.1. The first kappa shape index (κ1) is 34.1. The summed E-state index contributed by atoms with van der Waals surface area (Å²) in [4.78, 5) is 15.1. The van der Waals surface area contributed by atoms with Crippen molar-refractivity contribution in [3.05, 3.63) is 76.9 Å². The number of rotatable bonds is 15. The Hall–Kier alpha value is -3.73. The summed E-state index contributed by atoms with van der Waals surface area (Å²) in [6.07, 6.45) is 9.44. The van der Waals surface area contributed by atoms with E-state index >= 15 is 0 Å². The molecule has 0 aliphatic carbocycles. The van der Waals surface area contributed by atoms with Crippen LogP contribution in [0.15, 0.2) is 54.6 Å². The van der Waals surface area contributed by atoms with Crippen LogP contribution in [0.5, 0.6) is 11.5 Å². The van der Waals surface area contributed by atoms with E-state index in [4.69, 9.17) is 24.4 Å². The van der Waals surface area contributed by atoms with Crippen LogP contribution in [0.1, 0.15) is 101 Å². The standard InChI is InChI=1S/C40H53N3O2/c1-9-10-11-12-13-14-23-44-32-18-21-35(36(27-32)45-24-15-22-40(6,7)8)39-42-37(33-19-16-28(2)25-30(33)4)41-38(43-39)34-20-17-29(3)26-31(34)5/h16-21,25-27H,9-15,22-24H2,1-8H3. The molecule has 0 saturated carbocycles. The van der Waals surface area contributed by atoms with Crippen molar-refractivity contribution in [3.63, 3.8) is 0 Å². The number of nitrogens with zero attached hydrogens (tertiary/aromatic N) is 3. The van der Waals surface area contributed by atoms with Gasteiger partial charge < -0.3 is 9.47 Å². The molecule has 0 spiro atoms. The zero-order valence-corrected chi connectivity index (χ0v) is 28.9. The molecule has 4 aromatic rings. The predicted molar refractivity (Wildman–Crippen MR) is 188 cm³/mol. The van der Waals surface area contributed by atoms with E-state index in [-0.39, 0.29) is 5.41 Å². The average Bonchev–Trinajstić information content (AvgIpc) is 2.98. The highest BCUT2D eigenvalue weighted by molar-refractivity contribution is 5.72. The summed E-state index contributed by atoms with van der Waals surface area (Å²) in [5.41, 5.74) is 7.79. The van der Waals surface area contributed by atoms with E-state index in [9.17, 15) is 0 Å². The first-order chi connectivity index (χ1) is 21.5. The summed E-state index contributed by atoms with van der Waals surface area (Å²) >= 11 is 0. The summed E-state index contributed by atoms with van der Waals surface area (Å²) in [7, 11) is 0. The molecular weight excluding hydrogens is 554 g/mol. The molecule has 0 atom stereocenters. The Morgan fingerprint density at radius 3 is 1.62 bits per heavy atom. The molecule has 0 saturated heterocycles. The van der Waals surface area contributed by atoms with Gasteiger partial charge in [-0.05, 0) is 75.6 Å². The number of hydrogen-bond donors (Lipinski definition) is 0. The first-order valence-electron chi connectivity index (χ1n) is 16.9. The molecule has 1 aromatic heterocycles. The highest BCUT2D eigenvalue weighted by Gasteiger charge is 2.19. The Morgan fingerprint density at radius 2 is 1.07 bits per heavy atom. The van der Waals surface area contributed by atoms with E-state index < -0.39 is 0 Å². The minimum absolute atomic E-state index is 0.254. The molecule has 0 amide bonds. The molecule has 0 fully saturated rings. The molecular formula is C40H53N3O2. The molecule has 3 aromatic carbocycles. The van der Waals surface area contributed by atoms with Gasteiger partial charge >= 0.3 is 0 Å². The molecule has 0 aliphatic rings. The van der Waals surface area contributed by atoms with Gasteiger partial charge in [0.25, 0.3) is 0 Å². The van der Waals surface area contributed by atoms with Crippen LogP contribution >= 0.6 is 0 Å². The molecule has 1 heterocycles. The summed E-state index contributed by atoms with van der Waals surface area (Å²) in [5, 5.41) is 0. The van der Waals surface area contributed by atoms with E-state index in [2.05, 4.69) is 91.8 Å². The van der Waals surface area contributed by atoms with Crippen molar-refractivity contribution in [3.8, 4) is 45.7 Å². The quantitative estimate of drug-likeness (QED) is 0.126. The molecule has 0 radical (unpaired) electrons. The third kappa shape index (κ3) is 10.1. The minimum atomic E-state index is 0.254. The number of benzene rings is 3. The topological polar surface area (TPSA) is 57.1 Å². The maximum atomic E-state index is 6.49. The largest absolute Gasteiger partial charge is 0.493 e. The molecule has 5 heteroatoms. The fourth-order valence-corrected chi connectivity index (χ4v) is 5.62. The maximum absolute atomic E-state index is 6.49. The zero-order valence-electron chi connectivity index (χ0n) is 28.9. The van der Waals surface area contributed by atoms with Gasteiger partial charge in [-0.15, -0.1) is 0 Å². The van der Waals surface area contributed by atoms with E-state index in [1.807, 2.05) is 18.2 Å². The average molecular weight is 608 g/mol. The van der Waals surface area contributed by atoms with E-state index in [1.165, 1.54) is 43.2 Å². The second kappa shape index (κ2) is 16.0. The Kier molecular flexibility index (Phi) is 12.2. The highest BCUT2D eigenvalue weighted by Crippen LogP contribution is 2.35. The first-order valence-corrected chi connectivity index (χ1v) is 16.9. The third-order valence-corrected chi connectivity index (χ3v) is 8.17. The maximum Gasteiger partial charge on any atom is 0.167 e. The lowest BCUT2D eigenvalue weighted by Crippen LogP contribution is -2.09. The molecule has 0 unspecified atom stereocenters. The summed E-state index contributed by atoms with van der Waals surface area (Å²) in [6, 6.07) is 18.9. The molecule has 0 bridgehead atoms. The Balaban J connectivity index is 1.72. The summed E-state index contributed by atoms with van der Waals surface area (Å²) in [5.74, 6) is 3.48. The number of ether oxygens (including phenoxy) is 2. The molecule has 5 nitrogen and oxygen atoms in total. The van der Waals surface area contributed by atoms with Crippen LogP contribution in [0, 0.1) is 33.1 Å². The fourth-order valence-electron chi connectivity index (χ4n) is 5.62. The molecule has 240 valence electrons. The van der Waals surface area contributed by atoms with Crippen molar-refractivity contribution in [2.75, 3.05) is 13.2 Å². The van der Waals surface area contributed by atoms with Gasteiger partial charge in [0.2, 0.25) is 0 Å². The van der Waals surface area contributed by atoms with Crippen molar-refractivity contribution < 1.29 is 9.47 Å². The Labute approximate surface area is 271 Å². The van der Waals surface area contributed by atoms with E-state index in [1.54, 1.807) is 0 Å². The fraction of sp³-hybridized carbons (Fsp3) is 0.475. The van der Waals surface area contributed by atoms with Crippen molar-refractivity contribution in [2.45, 2.75) is 107 Å². The lowest BCUT2D eigenvalue weighted by molar-refractivity contribution is 0.266. The van der Waals surface area contributed by atoms with Gasteiger partial charge in [0.15, 0.2) is 17.5 Å². The summed E-state index contributed by atoms with van der Waals surface area (Å²) in [6.45, 7) is 18.8. The molecule has 0 aliphatic heterocycles. The number of aromatic nitrogens is 3. The van der Waals surface area contributed by atoms with Crippen molar-refractivity contribution in [2.24, 2.45) is 5.41 Å². The number of unbranched alkanes of at least 4 members (excludes halogenated alkanes) is 5. The van der Waals surface area contributed by atoms with Crippen LogP contribution in [0.25, 0.3) is 34.2 Å². The van der Waals surface area contributed by atoms with Gasteiger partial charge in [-0.2, -0.15) is 0 Å². The van der Waals surface area contributed by atoms with Crippen LogP contribution in [0.3, 0.4) is 0 Å². The lowest BCUT2D eigenvalue weighted by atomic mass is 9.91. The van der Waals surface area contributed by atoms with Gasteiger partial charge in [-0.1, -0.05) is 107 Å². The van der Waals surface area contributed by atoms with Crippen LogP contribution in [0.2, 0.25) is 0 Å². The Morgan fingerprint density at radius 1 is 0.556 bits per heavy atom. The SMILES string of the molecule is CCCCCCCCOc1ccc(-c2nc(-c3ccc(C)cc3C)nc(-c3ccc(C)cc3C)n2)c(OCCCC(C)(C)C)c1. The number of aryl methyl sites for hydroxylation is 4. The lowest BCUT2D eigenvalue weighted by Gasteiger charge is -2.19. The Bertz CT molecular complexity index is 1480. The normalized spacial score (nSPS) is 11.6. The second-order valence-corrected chi connectivity index (χ2v) is 13.7. The molecule has 0 N–H and O–H groups in total. The second-order valence-electron chi connectivity index (χ2n) is 13.7. The molecule has 45 heavy (non-hydrogen) atoms. The van der Waals surface area contributed by atoms with Crippen molar-refractivity contribution >= 4 is 0 Å². The van der Waals surface area contributed by atoms with Crippen LogP contribution in [-0.2, 0) is 0 Å². The van der Waals surface area contributed by atoms with Crippen molar-refractivity contribution in [1.82, 2.24) is 15.0 Å². The van der Waals surface area contributed by atoms with Gasteiger partial charge in [0.1, 0.15) is 11.5 Å². The van der Waals surface area contributed by atoms with E-state index in [0.29, 0.717) is 30.7 Å². The van der Waals surface area contributed by atoms with Gasteiger partial charge in [-0.3, -0.25) is 0 Å². The van der Waals surface area contributed by atoms with Crippen LogP contribution < -0.4 is 9.47 Å². The van der Waals surface area contributed by atoms with E-state index in [0.717, 1.165) is 58.6 Å². The molecule has 4 rings (SSSR count). The van der Waals surface area contributed by atoms with Gasteiger partial charge in [0, 0.05) is 17.2 Å². The monoisotopic (exact) mass is 607 g/mol.